The van der Waals surface area contributed by atoms with E-state index in [9.17, 15) is 40.5 Å². The topological polar surface area (TPSA) is 189 Å². The fourth-order valence-corrected chi connectivity index (χ4v) is 10.1. The summed E-state index contributed by atoms with van der Waals surface area (Å²) in [6.07, 6.45) is 47.1. The first-order valence-corrected chi connectivity index (χ1v) is 30.6. The van der Waals surface area contributed by atoms with Crippen LogP contribution in [0.25, 0.3) is 0 Å². The molecule has 0 bridgehead atoms. The Bertz CT molecular complexity index is 1160. The number of allylic oxidation sites excluding steroid dienone is 2. The van der Waals surface area contributed by atoms with Crippen molar-refractivity contribution in [1.82, 2.24) is 5.32 Å². The maximum atomic E-state index is 13.2. The highest BCUT2D eigenvalue weighted by molar-refractivity contribution is 5.80. The van der Waals surface area contributed by atoms with Crippen molar-refractivity contribution in [2.75, 3.05) is 13.2 Å². The standard InChI is InChI=1S/C60H117NO10/c1-3-5-7-9-11-13-15-17-19-21-23-24-25-26-27-28-29-30-32-34-36-38-40-42-44-46-48-53(64)59(69)61-51(50-70-60-58(68)57(67)56(66)54(49-62)71-60)55(65)52(63)47-45-43-41-39-37-35-33-31-22-20-18-16-14-12-10-8-6-4-2/h39,41,51-58,60,62-68H,3-38,40,42-50H2,1-2H3,(H,61,69)/b41-39+. The van der Waals surface area contributed by atoms with Gasteiger partial charge in [0.1, 0.15) is 36.6 Å². The van der Waals surface area contributed by atoms with E-state index in [1.807, 2.05) is 0 Å². The SMILES string of the molecule is CCCCCCCCCCCCCCC/C=C/CCCC(O)C(O)C(COC1OC(CO)C(O)C(O)C1O)NC(=O)C(O)CCCCCCCCCCCCCCCCCCCCCCCCCCCC. The maximum Gasteiger partial charge on any atom is 0.249 e. The van der Waals surface area contributed by atoms with E-state index in [0.717, 1.165) is 38.5 Å². The van der Waals surface area contributed by atoms with E-state index in [2.05, 4.69) is 31.3 Å². The van der Waals surface area contributed by atoms with Crippen molar-refractivity contribution in [2.24, 2.45) is 0 Å². The monoisotopic (exact) mass is 1010 g/mol. The molecule has 0 aromatic rings. The molecule has 11 nitrogen and oxygen atoms in total. The van der Waals surface area contributed by atoms with Crippen LogP contribution >= 0.6 is 0 Å². The van der Waals surface area contributed by atoms with Crippen molar-refractivity contribution in [2.45, 2.75) is 351 Å². The van der Waals surface area contributed by atoms with E-state index in [-0.39, 0.29) is 12.8 Å². The Morgan fingerprint density at radius 1 is 0.479 bits per heavy atom. The Morgan fingerprint density at radius 2 is 0.831 bits per heavy atom. The van der Waals surface area contributed by atoms with Gasteiger partial charge in [-0.05, 0) is 38.5 Å². The molecule has 9 unspecified atom stereocenters. The number of aliphatic hydroxyl groups is 7. The third kappa shape index (κ3) is 38.1. The van der Waals surface area contributed by atoms with Crippen LogP contribution in [0.5, 0.6) is 0 Å². The molecule has 8 N–H and O–H groups in total. The number of hydrogen-bond acceptors (Lipinski definition) is 10. The molecule has 1 fully saturated rings. The lowest BCUT2D eigenvalue weighted by molar-refractivity contribution is -0.303. The fourth-order valence-electron chi connectivity index (χ4n) is 10.1. The zero-order chi connectivity index (χ0) is 51.8. The first-order chi connectivity index (χ1) is 34.7. The summed E-state index contributed by atoms with van der Waals surface area (Å²) in [4.78, 5) is 13.2. The van der Waals surface area contributed by atoms with Crippen LogP contribution in [0.1, 0.15) is 296 Å². The third-order valence-corrected chi connectivity index (χ3v) is 15.1. The minimum Gasteiger partial charge on any atom is -0.394 e. The molecule has 0 aromatic carbocycles. The smallest absolute Gasteiger partial charge is 0.249 e. The number of ether oxygens (including phenoxy) is 2. The maximum absolute atomic E-state index is 13.2. The first kappa shape index (κ1) is 67.9. The zero-order valence-electron chi connectivity index (χ0n) is 46.2. The van der Waals surface area contributed by atoms with E-state index >= 15 is 0 Å². The number of carbonyl (C=O) groups is 1. The van der Waals surface area contributed by atoms with Gasteiger partial charge in [-0.3, -0.25) is 4.79 Å². The normalized spacial score (nSPS) is 20.2. The van der Waals surface area contributed by atoms with Crippen molar-refractivity contribution in [3.63, 3.8) is 0 Å². The van der Waals surface area contributed by atoms with Crippen molar-refractivity contribution in [1.29, 1.82) is 0 Å². The van der Waals surface area contributed by atoms with E-state index in [1.165, 1.54) is 218 Å². The predicted octanol–water partition coefficient (Wildman–Crippen LogP) is 13.1. The predicted molar refractivity (Wildman–Crippen MR) is 293 cm³/mol. The molecular formula is C60H117NO10. The van der Waals surface area contributed by atoms with Gasteiger partial charge in [0.05, 0.1) is 25.4 Å². The van der Waals surface area contributed by atoms with Crippen LogP contribution in [-0.2, 0) is 14.3 Å². The molecular weight excluding hydrogens is 895 g/mol. The van der Waals surface area contributed by atoms with Crippen molar-refractivity contribution in [3.8, 4) is 0 Å². The Kier molecular flexibility index (Phi) is 47.5. The van der Waals surface area contributed by atoms with E-state index in [1.54, 1.807) is 0 Å². The first-order valence-electron chi connectivity index (χ1n) is 30.6. The van der Waals surface area contributed by atoms with Crippen molar-refractivity contribution in [3.05, 3.63) is 12.2 Å². The van der Waals surface area contributed by atoms with Crippen LogP contribution in [0.15, 0.2) is 12.2 Å². The van der Waals surface area contributed by atoms with Gasteiger partial charge < -0.3 is 50.5 Å². The molecule has 422 valence electrons. The molecule has 1 rings (SSSR count). The summed E-state index contributed by atoms with van der Waals surface area (Å²) in [5.41, 5.74) is 0. The molecule has 1 heterocycles. The van der Waals surface area contributed by atoms with Gasteiger partial charge in [-0.2, -0.15) is 0 Å². The lowest BCUT2D eigenvalue weighted by Crippen LogP contribution is -2.60. The van der Waals surface area contributed by atoms with Gasteiger partial charge in [-0.25, -0.2) is 0 Å². The van der Waals surface area contributed by atoms with E-state index in [0.29, 0.717) is 12.8 Å². The Labute approximate surface area is 436 Å². The van der Waals surface area contributed by atoms with Crippen LogP contribution in [-0.4, -0.2) is 110 Å². The summed E-state index contributed by atoms with van der Waals surface area (Å²) in [7, 11) is 0. The van der Waals surface area contributed by atoms with Gasteiger partial charge in [0.2, 0.25) is 5.91 Å². The summed E-state index contributed by atoms with van der Waals surface area (Å²) in [6.45, 7) is 3.48. The summed E-state index contributed by atoms with van der Waals surface area (Å²) in [5, 5.41) is 76.2. The molecule has 1 saturated heterocycles. The van der Waals surface area contributed by atoms with Gasteiger partial charge in [0.15, 0.2) is 6.29 Å². The highest BCUT2D eigenvalue weighted by atomic mass is 16.7. The molecule has 0 spiro atoms. The van der Waals surface area contributed by atoms with Gasteiger partial charge in [0, 0.05) is 0 Å². The molecule has 11 heteroatoms. The Morgan fingerprint density at radius 3 is 1.21 bits per heavy atom. The summed E-state index contributed by atoms with van der Waals surface area (Å²) >= 11 is 0. The highest BCUT2D eigenvalue weighted by Crippen LogP contribution is 2.24. The lowest BCUT2D eigenvalue weighted by atomic mass is 9.98. The van der Waals surface area contributed by atoms with E-state index in [4.69, 9.17) is 9.47 Å². The number of amides is 1. The highest BCUT2D eigenvalue weighted by Gasteiger charge is 2.44. The molecule has 1 amide bonds. The second-order valence-corrected chi connectivity index (χ2v) is 21.8. The Hall–Kier alpha value is -1.15. The fraction of sp³-hybridized carbons (Fsp3) is 0.950. The second-order valence-electron chi connectivity index (χ2n) is 21.8. The molecule has 0 radical (unpaired) electrons. The van der Waals surface area contributed by atoms with Crippen LogP contribution < -0.4 is 5.32 Å². The molecule has 71 heavy (non-hydrogen) atoms. The van der Waals surface area contributed by atoms with Gasteiger partial charge in [0.25, 0.3) is 0 Å². The van der Waals surface area contributed by atoms with E-state index < -0.39 is 74.2 Å². The van der Waals surface area contributed by atoms with Crippen molar-refractivity contribution >= 4 is 5.91 Å². The third-order valence-electron chi connectivity index (χ3n) is 15.1. The average molecular weight is 1010 g/mol. The van der Waals surface area contributed by atoms with Crippen LogP contribution in [0.3, 0.4) is 0 Å². The number of carbonyl (C=O) groups excluding carboxylic acids is 1. The number of aliphatic hydroxyl groups excluding tert-OH is 7. The second kappa shape index (κ2) is 49.7. The molecule has 0 aliphatic carbocycles. The van der Waals surface area contributed by atoms with Gasteiger partial charge in [-0.15, -0.1) is 0 Å². The minimum absolute atomic E-state index is 0.260. The van der Waals surface area contributed by atoms with Gasteiger partial charge in [-0.1, -0.05) is 270 Å². The molecule has 9 atom stereocenters. The van der Waals surface area contributed by atoms with Crippen LogP contribution in [0.2, 0.25) is 0 Å². The molecule has 1 aliphatic rings. The summed E-state index contributed by atoms with van der Waals surface area (Å²) in [5.74, 6) is -0.700. The van der Waals surface area contributed by atoms with Crippen LogP contribution in [0.4, 0.5) is 0 Å². The largest absolute Gasteiger partial charge is 0.394 e. The summed E-state index contributed by atoms with van der Waals surface area (Å²) < 4.78 is 11.1. The Balaban J connectivity index is 2.27. The number of hydrogen-bond donors (Lipinski definition) is 8. The lowest BCUT2D eigenvalue weighted by Gasteiger charge is -2.40. The van der Waals surface area contributed by atoms with Crippen molar-refractivity contribution < 1.29 is 50.0 Å². The molecule has 1 aliphatic heterocycles. The zero-order valence-corrected chi connectivity index (χ0v) is 46.2. The van der Waals surface area contributed by atoms with Crippen LogP contribution in [0, 0.1) is 0 Å². The molecule has 0 aromatic heterocycles. The number of unbranched alkanes of at least 4 members (excludes halogenated alkanes) is 39. The minimum atomic E-state index is -1.67. The molecule has 0 saturated carbocycles. The average Bonchev–Trinajstić information content (AvgIpc) is 3.37. The quantitative estimate of drug-likeness (QED) is 0.0215. The van der Waals surface area contributed by atoms with Gasteiger partial charge >= 0.3 is 0 Å². The number of rotatable bonds is 53. The number of nitrogens with one attached hydrogen (secondary N) is 1. The summed E-state index contributed by atoms with van der Waals surface area (Å²) in [6, 6.07) is -1.18.